The van der Waals surface area contributed by atoms with E-state index in [1.165, 1.54) is 7.11 Å². The number of ether oxygens (including phenoxy) is 1. The van der Waals surface area contributed by atoms with E-state index in [0.29, 0.717) is 16.0 Å². The number of hydrogen-bond acceptors (Lipinski definition) is 4. The molecule has 0 bridgehead atoms. The van der Waals surface area contributed by atoms with Crippen molar-refractivity contribution in [2.75, 3.05) is 7.11 Å². The Balaban J connectivity index is 2.14. The van der Waals surface area contributed by atoms with Gasteiger partial charge in [0.2, 0.25) is 9.84 Å². The van der Waals surface area contributed by atoms with E-state index in [-0.39, 0.29) is 17.3 Å². The van der Waals surface area contributed by atoms with E-state index in [0.717, 1.165) is 5.56 Å². The van der Waals surface area contributed by atoms with Gasteiger partial charge in [0.15, 0.2) is 0 Å². The van der Waals surface area contributed by atoms with Gasteiger partial charge < -0.3 is 4.74 Å². The van der Waals surface area contributed by atoms with Crippen molar-refractivity contribution in [3.05, 3.63) is 59.2 Å². The molecule has 1 aliphatic rings. The van der Waals surface area contributed by atoms with Crippen LogP contribution < -0.4 is 0 Å². The Kier molecular flexibility index (Phi) is 3.58. The lowest BCUT2D eigenvalue weighted by Gasteiger charge is -2.09. The van der Waals surface area contributed by atoms with Crippen molar-refractivity contribution < 1.29 is 17.9 Å². The molecule has 0 radical (unpaired) electrons. The first-order valence-electron chi connectivity index (χ1n) is 6.74. The number of esters is 1. The Morgan fingerprint density at radius 1 is 1.00 bits per heavy atom. The summed E-state index contributed by atoms with van der Waals surface area (Å²) in [5.74, 6) is -0.358. The summed E-state index contributed by atoms with van der Waals surface area (Å²) in [4.78, 5) is 11.9. The Hall–Kier alpha value is -2.40. The summed E-state index contributed by atoms with van der Waals surface area (Å²) >= 11 is 0. The lowest BCUT2D eigenvalue weighted by Crippen LogP contribution is -2.07. The number of hydrogen-bond donors (Lipinski definition) is 0. The standard InChI is InChI=1S/C17H14O4S/c1-21-17(18)11-12-6-9-16-14(10-12)8-7-13-4-2-3-5-15(13)22(16,19)20/h2-10H,11H2,1H3. The number of methoxy groups -OCH3 is 1. The van der Waals surface area contributed by atoms with Gasteiger partial charge in [-0.15, -0.1) is 0 Å². The minimum absolute atomic E-state index is 0.116. The monoisotopic (exact) mass is 314 g/mol. The van der Waals surface area contributed by atoms with Crippen LogP contribution in [-0.4, -0.2) is 21.5 Å². The summed E-state index contributed by atoms with van der Waals surface area (Å²) in [6, 6.07) is 11.8. The molecule has 0 aromatic heterocycles. The molecule has 5 heteroatoms. The molecule has 3 rings (SSSR count). The second kappa shape index (κ2) is 5.42. The molecule has 0 aliphatic carbocycles. The molecule has 2 aromatic rings. The number of sulfone groups is 1. The largest absolute Gasteiger partial charge is 0.469 e. The first kappa shape index (κ1) is 14.5. The summed E-state index contributed by atoms with van der Waals surface area (Å²) in [5, 5.41) is 0. The van der Waals surface area contributed by atoms with E-state index >= 15 is 0 Å². The van der Waals surface area contributed by atoms with Crippen LogP contribution in [0.4, 0.5) is 0 Å². The zero-order chi connectivity index (χ0) is 15.7. The van der Waals surface area contributed by atoms with Crippen LogP contribution in [0.5, 0.6) is 0 Å². The average Bonchev–Trinajstić information content (AvgIpc) is 2.63. The zero-order valence-electron chi connectivity index (χ0n) is 11.9. The van der Waals surface area contributed by atoms with Crippen LogP contribution in [-0.2, 0) is 25.8 Å². The molecule has 0 N–H and O–H groups in total. The normalized spacial score (nSPS) is 14.6. The number of carbonyl (C=O) groups is 1. The Morgan fingerprint density at radius 2 is 1.68 bits per heavy atom. The maximum absolute atomic E-state index is 12.8. The molecule has 0 saturated carbocycles. The van der Waals surface area contributed by atoms with Crippen molar-refractivity contribution in [3.8, 4) is 0 Å². The first-order chi connectivity index (χ1) is 10.5. The van der Waals surface area contributed by atoms with Crippen LogP contribution in [0.2, 0.25) is 0 Å². The fraction of sp³-hybridized carbons (Fsp3) is 0.118. The van der Waals surface area contributed by atoms with Gasteiger partial charge in [0.05, 0.1) is 23.3 Å². The third kappa shape index (κ3) is 2.44. The topological polar surface area (TPSA) is 60.4 Å². The molecule has 0 atom stereocenters. The second-order valence-corrected chi connectivity index (χ2v) is 6.89. The van der Waals surface area contributed by atoms with Crippen LogP contribution in [0, 0.1) is 0 Å². The number of rotatable bonds is 2. The van der Waals surface area contributed by atoms with Crippen molar-refractivity contribution in [1.82, 2.24) is 0 Å². The van der Waals surface area contributed by atoms with Crippen molar-refractivity contribution >= 4 is 28.0 Å². The van der Waals surface area contributed by atoms with Gasteiger partial charge in [0, 0.05) is 0 Å². The highest BCUT2D eigenvalue weighted by molar-refractivity contribution is 7.91. The molecule has 112 valence electrons. The van der Waals surface area contributed by atoms with Crippen molar-refractivity contribution in [1.29, 1.82) is 0 Å². The summed E-state index contributed by atoms with van der Waals surface area (Å²) in [5.41, 5.74) is 1.96. The molecule has 0 fully saturated rings. The highest BCUT2D eigenvalue weighted by Gasteiger charge is 2.25. The average molecular weight is 314 g/mol. The smallest absolute Gasteiger partial charge is 0.309 e. The molecule has 4 nitrogen and oxygen atoms in total. The van der Waals surface area contributed by atoms with E-state index in [2.05, 4.69) is 4.74 Å². The fourth-order valence-electron chi connectivity index (χ4n) is 2.48. The van der Waals surface area contributed by atoms with Gasteiger partial charge in [-0.3, -0.25) is 4.79 Å². The molecule has 0 spiro atoms. The molecule has 1 heterocycles. The van der Waals surface area contributed by atoms with Crippen LogP contribution in [0.25, 0.3) is 12.2 Å². The van der Waals surface area contributed by atoms with E-state index < -0.39 is 9.84 Å². The summed E-state index contributed by atoms with van der Waals surface area (Å²) in [7, 11) is -2.24. The van der Waals surface area contributed by atoms with Gasteiger partial charge in [-0.05, 0) is 34.9 Å². The van der Waals surface area contributed by atoms with Crippen LogP contribution in [0.1, 0.15) is 16.7 Å². The number of fused-ring (bicyclic) bond motifs is 2. The molecule has 22 heavy (non-hydrogen) atoms. The minimum atomic E-state index is -3.57. The van der Waals surface area contributed by atoms with Gasteiger partial charge in [-0.1, -0.05) is 36.4 Å². The Labute approximate surface area is 129 Å². The molecule has 0 amide bonds. The van der Waals surface area contributed by atoms with Gasteiger partial charge >= 0.3 is 5.97 Å². The quantitative estimate of drug-likeness (QED) is 0.682. The van der Waals surface area contributed by atoms with Crippen LogP contribution >= 0.6 is 0 Å². The summed E-state index contributed by atoms with van der Waals surface area (Å²) < 4.78 is 30.2. The lowest BCUT2D eigenvalue weighted by atomic mass is 10.1. The van der Waals surface area contributed by atoms with Crippen molar-refractivity contribution in [2.24, 2.45) is 0 Å². The Morgan fingerprint density at radius 3 is 2.45 bits per heavy atom. The van der Waals surface area contributed by atoms with E-state index in [9.17, 15) is 13.2 Å². The molecule has 0 saturated heterocycles. The predicted octanol–water partition coefficient (Wildman–Crippen LogP) is 2.72. The summed E-state index contributed by atoms with van der Waals surface area (Å²) in [6.45, 7) is 0. The minimum Gasteiger partial charge on any atom is -0.469 e. The van der Waals surface area contributed by atoms with Gasteiger partial charge in [-0.2, -0.15) is 0 Å². The third-order valence-electron chi connectivity index (χ3n) is 3.59. The number of carbonyl (C=O) groups excluding carboxylic acids is 1. The van der Waals surface area contributed by atoms with Gasteiger partial charge in [0.25, 0.3) is 0 Å². The van der Waals surface area contributed by atoms with Gasteiger partial charge in [0.1, 0.15) is 0 Å². The second-order valence-electron chi connectivity index (χ2n) is 5.00. The van der Waals surface area contributed by atoms with Crippen LogP contribution in [0.15, 0.2) is 52.3 Å². The third-order valence-corrected chi connectivity index (χ3v) is 5.49. The highest BCUT2D eigenvalue weighted by Crippen LogP contribution is 2.32. The van der Waals surface area contributed by atoms with Crippen LogP contribution in [0.3, 0.4) is 0 Å². The van der Waals surface area contributed by atoms with Crippen molar-refractivity contribution in [2.45, 2.75) is 16.2 Å². The Bertz CT molecular complexity index is 879. The molecular weight excluding hydrogens is 300 g/mol. The lowest BCUT2D eigenvalue weighted by molar-refractivity contribution is -0.139. The highest BCUT2D eigenvalue weighted by atomic mass is 32.2. The maximum Gasteiger partial charge on any atom is 0.309 e. The van der Waals surface area contributed by atoms with E-state index in [1.807, 2.05) is 0 Å². The predicted molar refractivity (Wildman–Crippen MR) is 83.0 cm³/mol. The zero-order valence-corrected chi connectivity index (χ0v) is 12.8. The maximum atomic E-state index is 12.8. The fourth-order valence-corrected chi connectivity index (χ4v) is 4.11. The van der Waals surface area contributed by atoms with Crippen molar-refractivity contribution in [3.63, 3.8) is 0 Å². The van der Waals surface area contributed by atoms with E-state index in [4.69, 9.17) is 0 Å². The SMILES string of the molecule is COC(=O)Cc1ccc2c(c1)C=Cc1ccccc1S2(=O)=O. The van der Waals surface area contributed by atoms with Gasteiger partial charge in [-0.25, -0.2) is 8.42 Å². The molecule has 2 aromatic carbocycles. The summed E-state index contributed by atoms with van der Waals surface area (Å²) in [6.07, 6.45) is 3.66. The molecule has 0 unspecified atom stereocenters. The first-order valence-corrected chi connectivity index (χ1v) is 8.22. The van der Waals surface area contributed by atoms with E-state index in [1.54, 1.807) is 54.6 Å². The molecule has 1 aliphatic heterocycles. The number of benzene rings is 2. The molecular formula is C17H14O4S.